The number of ether oxygens (including phenoxy) is 2. The second-order valence-electron chi connectivity index (χ2n) is 6.16. The summed E-state index contributed by atoms with van der Waals surface area (Å²) >= 11 is 2.90. The van der Waals surface area contributed by atoms with Crippen LogP contribution in [0.5, 0.6) is 5.75 Å². The summed E-state index contributed by atoms with van der Waals surface area (Å²) in [5, 5.41) is 1.73. The number of methoxy groups -OCH3 is 1. The molecule has 0 aliphatic heterocycles. The van der Waals surface area contributed by atoms with Gasteiger partial charge in [-0.2, -0.15) is 0 Å². The van der Waals surface area contributed by atoms with Crippen LogP contribution in [0.4, 0.5) is 0 Å². The molecule has 3 aromatic rings. The van der Waals surface area contributed by atoms with Gasteiger partial charge in [-0.05, 0) is 50.6 Å². The molecule has 0 aliphatic carbocycles. The summed E-state index contributed by atoms with van der Waals surface area (Å²) in [5.41, 5.74) is 1.59. The summed E-state index contributed by atoms with van der Waals surface area (Å²) in [5.74, 6) is 0.0129. The highest BCUT2D eigenvalue weighted by Crippen LogP contribution is 2.34. The average molecular weight is 417 g/mol. The fourth-order valence-corrected chi connectivity index (χ4v) is 4.56. The molecule has 0 radical (unpaired) electrons. The molecule has 0 saturated carbocycles. The second kappa shape index (κ2) is 8.70. The first-order valence-electron chi connectivity index (χ1n) is 8.62. The van der Waals surface area contributed by atoms with E-state index in [2.05, 4.69) is 9.97 Å². The van der Waals surface area contributed by atoms with Gasteiger partial charge >= 0.3 is 5.97 Å². The number of fused-ring (bicyclic) bond motifs is 1. The van der Waals surface area contributed by atoms with Gasteiger partial charge in [0.15, 0.2) is 6.10 Å². The van der Waals surface area contributed by atoms with Gasteiger partial charge in [0, 0.05) is 15.8 Å². The van der Waals surface area contributed by atoms with Crippen molar-refractivity contribution in [3.05, 3.63) is 46.6 Å². The molecular formula is C20H20N2O4S2. The van der Waals surface area contributed by atoms with Gasteiger partial charge in [-0.25, -0.2) is 9.97 Å². The fourth-order valence-electron chi connectivity index (χ4n) is 2.66. The van der Waals surface area contributed by atoms with Gasteiger partial charge in [-0.1, -0.05) is 11.8 Å². The molecule has 1 atom stereocenters. The van der Waals surface area contributed by atoms with Gasteiger partial charge in [0.25, 0.3) is 0 Å². The molecule has 0 aliphatic rings. The largest absolute Gasteiger partial charge is 0.497 e. The fraction of sp³-hybridized carbons (Fsp3) is 0.300. The molecule has 0 bridgehead atoms. The number of carbonyl (C=O) groups is 2. The van der Waals surface area contributed by atoms with E-state index in [0.717, 1.165) is 20.8 Å². The number of benzene rings is 1. The number of Topliss-reactive ketones (excluding diaryl/α,β-unsaturated/α-hetero) is 1. The number of aryl methyl sites for hydroxylation is 2. The number of thiophene rings is 1. The van der Waals surface area contributed by atoms with E-state index in [1.54, 1.807) is 49.6 Å². The lowest BCUT2D eigenvalue weighted by Crippen LogP contribution is -2.25. The zero-order chi connectivity index (χ0) is 20.3. The van der Waals surface area contributed by atoms with Gasteiger partial charge in [0.2, 0.25) is 5.78 Å². The molecule has 1 aromatic carbocycles. The van der Waals surface area contributed by atoms with Crippen LogP contribution in [0, 0.1) is 13.8 Å². The highest BCUT2D eigenvalue weighted by molar-refractivity contribution is 8.00. The van der Waals surface area contributed by atoms with E-state index in [1.165, 1.54) is 23.0 Å². The first-order chi connectivity index (χ1) is 13.4. The van der Waals surface area contributed by atoms with Crippen LogP contribution in [0.2, 0.25) is 0 Å². The lowest BCUT2D eigenvalue weighted by molar-refractivity contribution is -0.143. The van der Waals surface area contributed by atoms with Crippen molar-refractivity contribution in [3.63, 3.8) is 0 Å². The normalized spacial score (nSPS) is 12.0. The van der Waals surface area contributed by atoms with Gasteiger partial charge in [-0.3, -0.25) is 9.59 Å². The number of esters is 1. The maximum Gasteiger partial charge on any atom is 0.317 e. The van der Waals surface area contributed by atoms with E-state index >= 15 is 0 Å². The summed E-state index contributed by atoms with van der Waals surface area (Å²) in [6, 6.07) is 6.70. The van der Waals surface area contributed by atoms with Crippen molar-refractivity contribution in [3.8, 4) is 5.75 Å². The monoisotopic (exact) mass is 416 g/mol. The zero-order valence-corrected chi connectivity index (χ0v) is 17.6. The summed E-state index contributed by atoms with van der Waals surface area (Å²) in [4.78, 5) is 35.3. The van der Waals surface area contributed by atoms with Crippen LogP contribution < -0.4 is 4.74 Å². The van der Waals surface area contributed by atoms with Crippen LogP contribution in [0.1, 0.15) is 27.7 Å². The van der Waals surface area contributed by atoms with Crippen molar-refractivity contribution < 1.29 is 19.1 Å². The predicted octanol–water partition coefficient (Wildman–Crippen LogP) is 4.22. The van der Waals surface area contributed by atoms with Gasteiger partial charge in [0.1, 0.15) is 21.9 Å². The number of carbonyl (C=O) groups excluding carboxylic acids is 2. The summed E-state index contributed by atoms with van der Waals surface area (Å²) < 4.78 is 10.4. The Morgan fingerprint density at radius 2 is 1.89 bits per heavy atom. The van der Waals surface area contributed by atoms with Crippen molar-refractivity contribution in [1.82, 2.24) is 9.97 Å². The topological polar surface area (TPSA) is 78.4 Å². The highest BCUT2D eigenvalue weighted by atomic mass is 32.2. The summed E-state index contributed by atoms with van der Waals surface area (Å²) in [6.07, 6.45) is 0.637. The molecule has 146 valence electrons. The van der Waals surface area contributed by atoms with Crippen molar-refractivity contribution in [2.75, 3.05) is 12.9 Å². The number of thioether (sulfide) groups is 1. The SMILES string of the molecule is COc1ccc(C(=O)[C@@H](C)OC(=O)CSc2ncnc3sc(C)c(C)c23)cc1. The van der Waals surface area contributed by atoms with E-state index in [0.29, 0.717) is 11.3 Å². The van der Waals surface area contributed by atoms with E-state index < -0.39 is 12.1 Å². The Hall–Kier alpha value is -2.45. The molecule has 2 heterocycles. The first-order valence-corrected chi connectivity index (χ1v) is 10.4. The number of hydrogen-bond acceptors (Lipinski definition) is 8. The minimum atomic E-state index is -0.864. The molecule has 0 saturated heterocycles. The Labute approximate surface area is 171 Å². The molecule has 8 heteroatoms. The van der Waals surface area contributed by atoms with Crippen molar-refractivity contribution in [2.45, 2.75) is 31.9 Å². The third-order valence-electron chi connectivity index (χ3n) is 4.31. The van der Waals surface area contributed by atoms with Gasteiger partial charge in [-0.15, -0.1) is 11.3 Å². The minimum absolute atomic E-state index is 0.0701. The Balaban J connectivity index is 1.62. The first kappa shape index (κ1) is 20.3. The van der Waals surface area contributed by atoms with Crippen LogP contribution in [-0.2, 0) is 9.53 Å². The summed E-state index contributed by atoms with van der Waals surface area (Å²) in [7, 11) is 1.56. The van der Waals surface area contributed by atoms with Crippen LogP contribution in [0.25, 0.3) is 10.2 Å². The molecule has 6 nitrogen and oxygen atoms in total. The highest BCUT2D eigenvalue weighted by Gasteiger charge is 2.20. The molecule has 3 rings (SSSR count). The molecular weight excluding hydrogens is 396 g/mol. The third-order valence-corrected chi connectivity index (χ3v) is 6.39. The van der Waals surface area contributed by atoms with Crippen LogP contribution >= 0.6 is 23.1 Å². The van der Waals surface area contributed by atoms with E-state index in [1.807, 2.05) is 13.8 Å². The number of rotatable bonds is 7. The number of nitrogens with zero attached hydrogens (tertiary/aromatic N) is 2. The lowest BCUT2D eigenvalue weighted by atomic mass is 10.1. The van der Waals surface area contributed by atoms with Gasteiger partial charge < -0.3 is 9.47 Å². The number of ketones is 1. The molecule has 0 N–H and O–H groups in total. The van der Waals surface area contributed by atoms with Gasteiger partial charge in [0.05, 0.1) is 12.9 Å². The van der Waals surface area contributed by atoms with Crippen LogP contribution in [0.3, 0.4) is 0 Å². The number of aromatic nitrogens is 2. The third kappa shape index (κ3) is 4.34. The molecule has 0 fully saturated rings. The molecule has 0 amide bonds. The quantitative estimate of drug-likeness (QED) is 0.247. The predicted molar refractivity (Wildman–Crippen MR) is 110 cm³/mol. The molecule has 0 unspecified atom stereocenters. The van der Waals surface area contributed by atoms with Crippen molar-refractivity contribution >= 4 is 45.1 Å². The van der Waals surface area contributed by atoms with Crippen molar-refractivity contribution in [2.24, 2.45) is 0 Å². The second-order valence-corrected chi connectivity index (χ2v) is 8.32. The zero-order valence-electron chi connectivity index (χ0n) is 16.0. The lowest BCUT2D eigenvalue weighted by Gasteiger charge is -2.12. The molecule has 0 spiro atoms. The maximum absolute atomic E-state index is 12.4. The van der Waals surface area contributed by atoms with Crippen LogP contribution in [-0.4, -0.2) is 40.7 Å². The smallest absolute Gasteiger partial charge is 0.317 e. The Morgan fingerprint density at radius 1 is 1.18 bits per heavy atom. The van der Waals surface area contributed by atoms with Crippen molar-refractivity contribution in [1.29, 1.82) is 0 Å². The minimum Gasteiger partial charge on any atom is -0.497 e. The maximum atomic E-state index is 12.4. The average Bonchev–Trinajstić information content (AvgIpc) is 3.00. The number of hydrogen-bond donors (Lipinski definition) is 0. The summed E-state index contributed by atoms with van der Waals surface area (Å²) in [6.45, 7) is 5.64. The molecule has 28 heavy (non-hydrogen) atoms. The van der Waals surface area contributed by atoms with Crippen LogP contribution in [0.15, 0.2) is 35.6 Å². The molecule has 2 aromatic heterocycles. The van der Waals surface area contributed by atoms with E-state index in [-0.39, 0.29) is 11.5 Å². The standard InChI is InChI=1S/C20H20N2O4S2/c1-11-13(3)28-20-17(11)19(21-10-22-20)27-9-16(23)26-12(2)18(24)14-5-7-15(25-4)8-6-14/h5-8,10,12H,9H2,1-4H3/t12-/m1/s1. The van der Waals surface area contributed by atoms with E-state index in [9.17, 15) is 9.59 Å². The Bertz CT molecular complexity index is 1010. The van der Waals surface area contributed by atoms with E-state index in [4.69, 9.17) is 9.47 Å². The Morgan fingerprint density at radius 3 is 2.57 bits per heavy atom. The Kier molecular flexibility index (Phi) is 6.31.